The van der Waals surface area contributed by atoms with Gasteiger partial charge in [-0.15, -0.1) is 0 Å². The van der Waals surface area contributed by atoms with Crippen LogP contribution in [-0.2, 0) is 0 Å². The number of halogens is 1. The number of hydrogen-bond donors (Lipinski definition) is 2. The Morgan fingerprint density at radius 1 is 1.18 bits per heavy atom. The third kappa shape index (κ3) is 2.05. The normalized spacial score (nSPS) is 10.6. The Balaban J connectivity index is 1.94. The van der Waals surface area contributed by atoms with Crippen LogP contribution in [0.25, 0.3) is 10.9 Å². The first-order valence-electron chi connectivity index (χ1n) is 5.00. The highest BCUT2D eigenvalue weighted by Crippen LogP contribution is 2.20. The summed E-state index contributed by atoms with van der Waals surface area (Å²) < 4.78 is 0. The summed E-state index contributed by atoms with van der Waals surface area (Å²) in [6, 6.07) is 7.93. The topological polar surface area (TPSA) is 66.5 Å². The highest BCUT2D eigenvalue weighted by molar-refractivity contribution is 6.28. The molecule has 0 amide bonds. The SMILES string of the molecule is Clc1ncnc(Nc2ccc3[nH]ccc3c2)n1. The van der Waals surface area contributed by atoms with E-state index in [0.29, 0.717) is 5.95 Å². The molecule has 3 aromatic rings. The quantitative estimate of drug-likeness (QED) is 0.729. The van der Waals surface area contributed by atoms with E-state index in [0.717, 1.165) is 16.6 Å². The molecule has 17 heavy (non-hydrogen) atoms. The largest absolute Gasteiger partial charge is 0.361 e. The van der Waals surface area contributed by atoms with E-state index in [9.17, 15) is 0 Å². The zero-order chi connectivity index (χ0) is 11.7. The molecule has 0 aliphatic rings. The molecule has 84 valence electrons. The smallest absolute Gasteiger partial charge is 0.231 e. The van der Waals surface area contributed by atoms with Crippen LogP contribution in [0.1, 0.15) is 0 Å². The molecule has 2 heterocycles. The number of benzene rings is 1. The monoisotopic (exact) mass is 245 g/mol. The molecule has 0 unspecified atom stereocenters. The van der Waals surface area contributed by atoms with Crippen molar-refractivity contribution in [2.75, 3.05) is 5.32 Å². The molecule has 3 rings (SSSR count). The van der Waals surface area contributed by atoms with Crippen LogP contribution in [0.2, 0.25) is 5.28 Å². The fourth-order valence-electron chi connectivity index (χ4n) is 1.60. The standard InChI is InChI=1S/C11H8ClN5/c12-10-14-6-15-11(17-10)16-8-1-2-9-7(5-8)3-4-13-9/h1-6,13H,(H,14,15,16,17). The molecule has 0 radical (unpaired) electrons. The fraction of sp³-hybridized carbons (Fsp3) is 0. The van der Waals surface area contributed by atoms with Gasteiger partial charge in [-0.1, -0.05) is 0 Å². The van der Waals surface area contributed by atoms with Gasteiger partial charge in [0, 0.05) is 22.8 Å². The minimum atomic E-state index is 0.172. The van der Waals surface area contributed by atoms with Gasteiger partial charge in [0.1, 0.15) is 6.33 Å². The maximum atomic E-state index is 5.68. The molecule has 2 N–H and O–H groups in total. The van der Waals surface area contributed by atoms with E-state index < -0.39 is 0 Å². The molecule has 0 saturated carbocycles. The lowest BCUT2D eigenvalue weighted by atomic mass is 10.2. The van der Waals surface area contributed by atoms with Gasteiger partial charge in [-0.25, -0.2) is 9.97 Å². The summed E-state index contributed by atoms with van der Waals surface area (Å²) in [5.74, 6) is 0.430. The molecule has 2 aromatic heterocycles. The van der Waals surface area contributed by atoms with Crippen molar-refractivity contribution in [2.24, 2.45) is 0 Å². The summed E-state index contributed by atoms with van der Waals surface area (Å²) in [5.41, 5.74) is 1.99. The summed E-state index contributed by atoms with van der Waals surface area (Å²) in [4.78, 5) is 14.8. The van der Waals surface area contributed by atoms with Crippen LogP contribution in [0, 0.1) is 0 Å². The molecule has 0 saturated heterocycles. The maximum absolute atomic E-state index is 5.68. The summed E-state index contributed by atoms with van der Waals surface area (Å²) >= 11 is 5.68. The Bertz CT molecular complexity index is 664. The first-order valence-corrected chi connectivity index (χ1v) is 5.38. The summed E-state index contributed by atoms with van der Waals surface area (Å²) in [6.45, 7) is 0. The van der Waals surface area contributed by atoms with Crippen LogP contribution >= 0.6 is 11.6 Å². The number of nitrogens with zero attached hydrogens (tertiary/aromatic N) is 3. The van der Waals surface area contributed by atoms with Crippen LogP contribution in [-0.4, -0.2) is 19.9 Å². The minimum Gasteiger partial charge on any atom is -0.361 e. The third-order valence-electron chi connectivity index (χ3n) is 2.35. The van der Waals surface area contributed by atoms with E-state index in [1.54, 1.807) is 0 Å². The number of anilines is 2. The zero-order valence-electron chi connectivity index (χ0n) is 8.68. The van der Waals surface area contributed by atoms with Gasteiger partial charge >= 0.3 is 0 Å². The number of aromatic nitrogens is 4. The molecule has 6 heteroatoms. The number of fused-ring (bicyclic) bond motifs is 1. The average molecular weight is 246 g/mol. The van der Waals surface area contributed by atoms with E-state index in [1.165, 1.54) is 6.33 Å². The van der Waals surface area contributed by atoms with Gasteiger partial charge in [0.05, 0.1) is 0 Å². The van der Waals surface area contributed by atoms with Gasteiger partial charge in [-0.2, -0.15) is 4.98 Å². The molecule has 0 atom stereocenters. The highest BCUT2D eigenvalue weighted by atomic mass is 35.5. The lowest BCUT2D eigenvalue weighted by molar-refractivity contribution is 1.05. The van der Waals surface area contributed by atoms with Crippen molar-refractivity contribution < 1.29 is 0 Å². The molecule has 0 fully saturated rings. The lowest BCUT2D eigenvalue weighted by Crippen LogP contribution is -1.97. The van der Waals surface area contributed by atoms with Gasteiger partial charge < -0.3 is 10.3 Å². The molecule has 0 bridgehead atoms. The van der Waals surface area contributed by atoms with E-state index in [1.807, 2.05) is 30.5 Å². The molecular formula is C11H8ClN5. The first-order chi connectivity index (χ1) is 8.31. The zero-order valence-corrected chi connectivity index (χ0v) is 9.44. The summed E-state index contributed by atoms with van der Waals surface area (Å²) in [6.07, 6.45) is 3.26. The Hall–Kier alpha value is -2.14. The van der Waals surface area contributed by atoms with E-state index in [-0.39, 0.29) is 5.28 Å². The molecule has 0 spiro atoms. The Morgan fingerprint density at radius 3 is 3.00 bits per heavy atom. The molecule has 0 aliphatic heterocycles. The maximum Gasteiger partial charge on any atom is 0.231 e. The van der Waals surface area contributed by atoms with Crippen molar-refractivity contribution in [3.05, 3.63) is 42.1 Å². The number of aromatic amines is 1. The predicted octanol–water partition coefficient (Wildman–Crippen LogP) is 2.75. The third-order valence-corrected chi connectivity index (χ3v) is 2.53. The second-order valence-corrected chi connectivity index (χ2v) is 3.82. The Morgan fingerprint density at radius 2 is 2.12 bits per heavy atom. The Labute approximate surface area is 102 Å². The fourth-order valence-corrected chi connectivity index (χ4v) is 1.72. The van der Waals surface area contributed by atoms with E-state index >= 15 is 0 Å². The van der Waals surface area contributed by atoms with Gasteiger partial charge in [0.15, 0.2) is 0 Å². The average Bonchev–Trinajstić information content (AvgIpc) is 2.76. The highest BCUT2D eigenvalue weighted by Gasteiger charge is 2.01. The first kappa shape index (κ1) is 10.0. The lowest BCUT2D eigenvalue weighted by Gasteiger charge is -2.04. The summed E-state index contributed by atoms with van der Waals surface area (Å²) in [7, 11) is 0. The van der Waals surface area contributed by atoms with Gasteiger partial charge in [-0.3, -0.25) is 0 Å². The van der Waals surface area contributed by atoms with Crippen LogP contribution in [0.4, 0.5) is 11.6 Å². The minimum absolute atomic E-state index is 0.172. The van der Waals surface area contributed by atoms with Crippen LogP contribution in [0.5, 0.6) is 0 Å². The Kier molecular flexibility index (Phi) is 2.38. The van der Waals surface area contributed by atoms with E-state index in [4.69, 9.17) is 11.6 Å². The number of nitrogens with one attached hydrogen (secondary N) is 2. The molecule has 0 aliphatic carbocycles. The number of H-pyrrole nitrogens is 1. The second kappa shape index (κ2) is 4.03. The van der Waals surface area contributed by atoms with Crippen LogP contribution in [0.3, 0.4) is 0 Å². The van der Waals surface area contributed by atoms with Gasteiger partial charge in [-0.05, 0) is 35.9 Å². The van der Waals surface area contributed by atoms with Crippen molar-refractivity contribution in [1.29, 1.82) is 0 Å². The van der Waals surface area contributed by atoms with Crippen molar-refractivity contribution in [3.63, 3.8) is 0 Å². The van der Waals surface area contributed by atoms with Crippen molar-refractivity contribution in [1.82, 2.24) is 19.9 Å². The predicted molar refractivity (Wildman–Crippen MR) is 66.4 cm³/mol. The number of rotatable bonds is 2. The van der Waals surface area contributed by atoms with Crippen LogP contribution < -0.4 is 5.32 Å². The van der Waals surface area contributed by atoms with Crippen molar-refractivity contribution in [2.45, 2.75) is 0 Å². The molecular weight excluding hydrogens is 238 g/mol. The molecule has 1 aromatic carbocycles. The van der Waals surface area contributed by atoms with Crippen molar-refractivity contribution >= 4 is 34.1 Å². The molecule has 5 nitrogen and oxygen atoms in total. The van der Waals surface area contributed by atoms with Crippen molar-refractivity contribution in [3.8, 4) is 0 Å². The number of hydrogen-bond acceptors (Lipinski definition) is 4. The van der Waals surface area contributed by atoms with Crippen LogP contribution in [0.15, 0.2) is 36.8 Å². The van der Waals surface area contributed by atoms with E-state index in [2.05, 4.69) is 25.3 Å². The van der Waals surface area contributed by atoms with Gasteiger partial charge in [0.25, 0.3) is 0 Å². The summed E-state index contributed by atoms with van der Waals surface area (Å²) in [5, 5.41) is 4.36. The second-order valence-electron chi connectivity index (χ2n) is 3.48. The van der Waals surface area contributed by atoms with Gasteiger partial charge in [0.2, 0.25) is 11.2 Å².